The average Bonchev–Trinajstić information content (AvgIpc) is 2.27. The number of rotatable bonds is 3. The molecule has 0 spiro atoms. The summed E-state index contributed by atoms with van der Waals surface area (Å²) in [6.45, 7) is 1.20. The number of hydrogen-bond donors (Lipinski definition) is 4. The summed E-state index contributed by atoms with van der Waals surface area (Å²) in [4.78, 5) is 24.1. The zero-order chi connectivity index (χ0) is 13.5. The molecule has 1 rings (SSSR count). The van der Waals surface area contributed by atoms with Gasteiger partial charge in [0.15, 0.2) is 17.1 Å². The quantitative estimate of drug-likeness (QED) is 0.436. The Hall–Kier alpha value is -0.820. The van der Waals surface area contributed by atoms with Crippen molar-refractivity contribution in [3.63, 3.8) is 0 Å². The molecule has 0 aromatic carbocycles. The van der Waals surface area contributed by atoms with E-state index in [0.717, 1.165) is 0 Å². The third kappa shape index (κ3) is 1.63. The summed E-state index contributed by atoms with van der Waals surface area (Å²) in [7, 11) is 0. The topological polar surface area (TPSA) is 121 Å². The van der Waals surface area contributed by atoms with Crippen LogP contribution in [0.2, 0.25) is 0 Å². The van der Waals surface area contributed by atoms with Gasteiger partial charge in [-0.3, -0.25) is 9.59 Å². The van der Waals surface area contributed by atoms with Gasteiger partial charge in [-0.25, -0.2) is 0 Å². The van der Waals surface area contributed by atoms with Gasteiger partial charge in [-0.2, -0.15) is 0 Å². The predicted octanol–water partition coefficient (Wildman–Crippen LogP) is -1.78. The van der Waals surface area contributed by atoms with Crippen LogP contribution in [0.5, 0.6) is 0 Å². The average molecular weight is 245 g/mol. The molecule has 1 atom stereocenters. The molecule has 1 aliphatic carbocycles. The summed E-state index contributed by atoms with van der Waals surface area (Å²) >= 11 is 0. The van der Waals surface area contributed by atoms with Crippen LogP contribution in [-0.2, 0) is 9.59 Å². The van der Waals surface area contributed by atoms with E-state index in [1.165, 1.54) is 0 Å². The zero-order valence-corrected chi connectivity index (χ0v) is 10.1. The summed E-state index contributed by atoms with van der Waals surface area (Å²) in [5.41, 5.74) is 1.21. The Morgan fingerprint density at radius 1 is 1.12 bits per heavy atom. The van der Waals surface area contributed by atoms with E-state index in [2.05, 4.69) is 0 Å². The van der Waals surface area contributed by atoms with Crippen LogP contribution in [0.3, 0.4) is 0 Å². The molecular weight excluding hydrogens is 226 g/mol. The molecule has 0 radical (unpaired) electrons. The Labute approximate surface area is 99.4 Å². The normalized spacial score (nSPS) is 31.6. The largest absolute Gasteiger partial charge is 0.395 e. The summed E-state index contributed by atoms with van der Waals surface area (Å²) in [6.07, 6.45) is -0.0725. The molecule has 0 aromatic rings. The summed E-state index contributed by atoms with van der Waals surface area (Å²) in [5.74, 6) is -1.36. The minimum atomic E-state index is -2.01. The van der Waals surface area contributed by atoms with Crippen LogP contribution in [0, 0.1) is 10.8 Å². The second kappa shape index (κ2) is 4.13. The highest BCUT2D eigenvalue weighted by Gasteiger charge is 2.63. The fourth-order valence-corrected chi connectivity index (χ4v) is 2.37. The first kappa shape index (κ1) is 14.2. The van der Waals surface area contributed by atoms with Crippen LogP contribution in [0.1, 0.15) is 20.3 Å². The van der Waals surface area contributed by atoms with E-state index < -0.39 is 47.8 Å². The molecule has 0 aliphatic heterocycles. The van der Waals surface area contributed by atoms with Crippen molar-refractivity contribution in [2.75, 3.05) is 19.8 Å². The molecule has 1 fully saturated rings. The van der Waals surface area contributed by atoms with E-state index in [0.29, 0.717) is 0 Å². The van der Waals surface area contributed by atoms with Crippen LogP contribution < -0.4 is 5.73 Å². The van der Waals surface area contributed by atoms with E-state index >= 15 is 0 Å². The molecule has 0 bridgehead atoms. The maximum absolute atomic E-state index is 12.3. The first-order chi connectivity index (χ1) is 7.71. The highest BCUT2D eigenvalue weighted by Crippen LogP contribution is 2.48. The Morgan fingerprint density at radius 2 is 1.59 bits per heavy atom. The lowest BCUT2D eigenvalue weighted by molar-refractivity contribution is -0.166. The molecule has 6 heteroatoms. The maximum Gasteiger partial charge on any atom is 0.173 e. The lowest BCUT2D eigenvalue weighted by atomic mass is 9.53. The molecule has 1 aliphatic rings. The summed E-state index contributed by atoms with van der Waals surface area (Å²) in [6, 6.07) is 0. The van der Waals surface area contributed by atoms with Crippen molar-refractivity contribution in [1.29, 1.82) is 0 Å². The first-order valence-electron chi connectivity index (χ1n) is 5.41. The molecule has 0 heterocycles. The molecular formula is C11H19NO5. The van der Waals surface area contributed by atoms with Crippen molar-refractivity contribution in [2.45, 2.75) is 25.8 Å². The van der Waals surface area contributed by atoms with E-state index in [1.54, 1.807) is 13.8 Å². The molecule has 5 N–H and O–H groups in total. The number of nitrogens with two attached hydrogens (primary N) is 1. The molecule has 0 amide bonds. The minimum absolute atomic E-state index is 0.0725. The Balaban J connectivity index is 3.38. The highest BCUT2D eigenvalue weighted by atomic mass is 16.3. The van der Waals surface area contributed by atoms with Crippen molar-refractivity contribution in [3.8, 4) is 0 Å². The van der Waals surface area contributed by atoms with Crippen LogP contribution in [0.25, 0.3) is 0 Å². The smallest absolute Gasteiger partial charge is 0.173 e. The van der Waals surface area contributed by atoms with Gasteiger partial charge >= 0.3 is 0 Å². The predicted molar refractivity (Wildman–Crippen MR) is 59.0 cm³/mol. The highest BCUT2D eigenvalue weighted by molar-refractivity contribution is 6.16. The third-order valence-corrected chi connectivity index (χ3v) is 4.02. The lowest BCUT2D eigenvalue weighted by Crippen LogP contribution is -2.72. The molecule has 0 saturated heterocycles. The van der Waals surface area contributed by atoms with E-state index in [1.807, 2.05) is 0 Å². The number of carbonyl (C=O) groups is 2. The van der Waals surface area contributed by atoms with Gasteiger partial charge in [-0.05, 0) is 5.41 Å². The van der Waals surface area contributed by atoms with Crippen LogP contribution in [0.4, 0.5) is 0 Å². The second-order valence-corrected chi connectivity index (χ2v) is 5.34. The Kier molecular flexibility index (Phi) is 3.46. The number of hydrogen-bond acceptors (Lipinski definition) is 6. The van der Waals surface area contributed by atoms with Gasteiger partial charge in [0.2, 0.25) is 0 Å². The number of aliphatic hydroxyl groups excluding tert-OH is 3. The molecule has 17 heavy (non-hydrogen) atoms. The van der Waals surface area contributed by atoms with Gasteiger partial charge in [0.1, 0.15) is 0 Å². The van der Waals surface area contributed by atoms with Gasteiger partial charge in [-0.15, -0.1) is 0 Å². The zero-order valence-electron chi connectivity index (χ0n) is 10.1. The van der Waals surface area contributed by atoms with Gasteiger partial charge in [0, 0.05) is 6.42 Å². The molecule has 98 valence electrons. The van der Waals surface area contributed by atoms with Crippen LogP contribution in [0.15, 0.2) is 0 Å². The third-order valence-electron chi connectivity index (χ3n) is 4.02. The lowest BCUT2D eigenvalue weighted by Gasteiger charge is -2.51. The second-order valence-electron chi connectivity index (χ2n) is 5.34. The van der Waals surface area contributed by atoms with Crippen molar-refractivity contribution in [1.82, 2.24) is 0 Å². The van der Waals surface area contributed by atoms with Crippen LogP contribution in [-0.4, -0.2) is 52.2 Å². The van der Waals surface area contributed by atoms with Crippen LogP contribution >= 0.6 is 0 Å². The minimum Gasteiger partial charge on any atom is -0.395 e. The fraction of sp³-hybridized carbons (Fsp3) is 0.818. The number of carbonyl (C=O) groups excluding carboxylic acids is 2. The molecule has 6 nitrogen and oxygen atoms in total. The number of aliphatic hydroxyl groups is 3. The molecule has 1 saturated carbocycles. The maximum atomic E-state index is 12.3. The Morgan fingerprint density at radius 3 is 1.94 bits per heavy atom. The Bertz CT molecular complexity index is 348. The van der Waals surface area contributed by atoms with E-state index in [9.17, 15) is 19.8 Å². The van der Waals surface area contributed by atoms with E-state index in [4.69, 9.17) is 10.8 Å². The standard InChI is InChI=1S/C11H19NO5/c1-9(2)3-7(16)11(12,6-15)8(17)10(9,4-13)5-14/h13-15H,3-6,12H2,1-2H3. The van der Waals surface area contributed by atoms with Crippen molar-refractivity contribution < 1.29 is 24.9 Å². The summed E-state index contributed by atoms with van der Waals surface area (Å²) in [5, 5.41) is 28.0. The molecule has 0 aromatic heterocycles. The van der Waals surface area contributed by atoms with E-state index in [-0.39, 0.29) is 6.42 Å². The number of Topliss-reactive ketones (excluding diaryl/α,β-unsaturated/α-hetero) is 2. The van der Waals surface area contributed by atoms with Gasteiger partial charge in [0.05, 0.1) is 25.2 Å². The van der Waals surface area contributed by atoms with Crippen molar-refractivity contribution in [3.05, 3.63) is 0 Å². The SMILES string of the molecule is CC1(C)CC(=O)C(N)(CO)C(=O)C1(CO)CO. The van der Waals surface area contributed by atoms with Gasteiger partial charge < -0.3 is 21.1 Å². The molecule has 1 unspecified atom stereocenters. The first-order valence-corrected chi connectivity index (χ1v) is 5.41. The fourth-order valence-electron chi connectivity index (χ4n) is 2.37. The van der Waals surface area contributed by atoms with Crippen molar-refractivity contribution >= 4 is 11.6 Å². The summed E-state index contributed by atoms with van der Waals surface area (Å²) < 4.78 is 0. The number of ketones is 2. The van der Waals surface area contributed by atoms with Crippen molar-refractivity contribution in [2.24, 2.45) is 16.6 Å². The van der Waals surface area contributed by atoms with Gasteiger partial charge in [-0.1, -0.05) is 13.8 Å². The monoisotopic (exact) mass is 245 g/mol. The van der Waals surface area contributed by atoms with Gasteiger partial charge in [0.25, 0.3) is 0 Å².